The normalized spacial score (nSPS) is 14.0. The SMILES string of the molecule is CC(OCn1ncc2ccccc21)c1cc2c(cc1[N+](=O)[O-])OCO2. The molecule has 0 saturated carbocycles. The third-order valence-electron chi connectivity index (χ3n) is 4.15. The van der Waals surface area contributed by atoms with Gasteiger partial charge in [0.25, 0.3) is 5.69 Å². The number of hydrogen-bond donors (Lipinski definition) is 0. The summed E-state index contributed by atoms with van der Waals surface area (Å²) in [7, 11) is 0. The molecule has 0 amide bonds. The lowest BCUT2D eigenvalue weighted by atomic mass is 10.1. The molecule has 2 aromatic carbocycles. The second-order valence-electron chi connectivity index (χ2n) is 5.66. The van der Waals surface area contributed by atoms with Gasteiger partial charge >= 0.3 is 0 Å². The largest absolute Gasteiger partial charge is 0.454 e. The van der Waals surface area contributed by atoms with Crippen molar-refractivity contribution in [3.05, 3.63) is 58.3 Å². The molecule has 0 aliphatic carbocycles. The first kappa shape index (κ1) is 15.4. The summed E-state index contributed by atoms with van der Waals surface area (Å²) in [6, 6.07) is 10.7. The van der Waals surface area contributed by atoms with Crippen molar-refractivity contribution in [2.24, 2.45) is 0 Å². The molecular weight excluding hydrogens is 326 g/mol. The molecule has 4 rings (SSSR count). The van der Waals surface area contributed by atoms with Crippen molar-refractivity contribution in [1.29, 1.82) is 0 Å². The number of aromatic nitrogens is 2. The molecule has 1 aromatic heterocycles. The summed E-state index contributed by atoms with van der Waals surface area (Å²) in [5.41, 5.74) is 1.32. The van der Waals surface area contributed by atoms with E-state index in [0.717, 1.165) is 10.9 Å². The average Bonchev–Trinajstić information content (AvgIpc) is 3.24. The molecule has 1 unspecified atom stereocenters. The van der Waals surface area contributed by atoms with Gasteiger partial charge in [-0.15, -0.1) is 0 Å². The Kier molecular flexibility index (Phi) is 3.73. The number of ether oxygens (including phenoxy) is 3. The van der Waals surface area contributed by atoms with Crippen LogP contribution >= 0.6 is 0 Å². The van der Waals surface area contributed by atoms with Crippen molar-refractivity contribution in [2.75, 3.05) is 6.79 Å². The van der Waals surface area contributed by atoms with Crippen LogP contribution in [0.3, 0.4) is 0 Å². The standard InChI is InChI=1S/C17H15N3O5/c1-11(23-9-19-14-5-3-2-4-12(14)8-18-19)13-6-16-17(25-10-24-16)7-15(13)20(21)22/h2-8,11H,9-10H2,1H3. The van der Waals surface area contributed by atoms with Crippen molar-refractivity contribution >= 4 is 16.6 Å². The summed E-state index contributed by atoms with van der Waals surface area (Å²) in [6.07, 6.45) is 1.24. The van der Waals surface area contributed by atoms with Crippen LogP contribution in [0, 0.1) is 10.1 Å². The van der Waals surface area contributed by atoms with E-state index in [9.17, 15) is 10.1 Å². The predicted octanol–water partition coefficient (Wildman–Crippen LogP) is 3.41. The van der Waals surface area contributed by atoms with E-state index in [2.05, 4.69) is 5.10 Å². The molecule has 0 N–H and O–H groups in total. The Bertz CT molecular complexity index is 953. The van der Waals surface area contributed by atoms with Crippen LogP contribution in [0.4, 0.5) is 5.69 Å². The third-order valence-corrected chi connectivity index (χ3v) is 4.15. The molecule has 0 spiro atoms. The lowest BCUT2D eigenvalue weighted by Crippen LogP contribution is -2.09. The van der Waals surface area contributed by atoms with Crippen LogP contribution in [0.15, 0.2) is 42.6 Å². The van der Waals surface area contributed by atoms with Gasteiger partial charge in [0, 0.05) is 5.39 Å². The fourth-order valence-electron chi connectivity index (χ4n) is 2.83. The lowest BCUT2D eigenvalue weighted by molar-refractivity contribution is -0.386. The first-order valence-corrected chi connectivity index (χ1v) is 7.73. The van der Waals surface area contributed by atoms with Crippen LogP contribution in [0.25, 0.3) is 10.9 Å². The molecule has 0 saturated heterocycles. The third kappa shape index (κ3) is 2.76. The number of hydrogen-bond acceptors (Lipinski definition) is 6. The van der Waals surface area contributed by atoms with Crippen molar-refractivity contribution < 1.29 is 19.1 Å². The van der Waals surface area contributed by atoms with Crippen LogP contribution < -0.4 is 9.47 Å². The van der Waals surface area contributed by atoms with Crippen LogP contribution in [0.2, 0.25) is 0 Å². The molecule has 0 radical (unpaired) electrons. The zero-order valence-corrected chi connectivity index (χ0v) is 13.4. The molecule has 1 aliphatic heterocycles. The minimum Gasteiger partial charge on any atom is -0.454 e. The minimum atomic E-state index is -0.516. The molecule has 8 heteroatoms. The summed E-state index contributed by atoms with van der Waals surface area (Å²) < 4.78 is 18.1. The second kappa shape index (κ2) is 6.06. The highest BCUT2D eigenvalue weighted by atomic mass is 16.7. The number of para-hydroxylation sites is 1. The van der Waals surface area contributed by atoms with Crippen molar-refractivity contribution in [2.45, 2.75) is 19.8 Å². The molecule has 3 aromatic rings. The van der Waals surface area contributed by atoms with Crippen LogP contribution in [0.1, 0.15) is 18.6 Å². The Morgan fingerprint density at radius 2 is 2.08 bits per heavy atom. The highest BCUT2D eigenvalue weighted by molar-refractivity contribution is 5.78. The van der Waals surface area contributed by atoms with Gasteiger partial charge in [-0.3, -0.25) is 10.1 Å². The summed E-state index contributed by atoms with van der Waals surface area (Å²) in [5.74, 6) is 0.862. The monoisotopic (exact) mass is 341 g/mol. The van der Waals surface area contributed by atoms with Crippen LogP contribution in [-0.2, 0) is 11.5 Å². The van der Waals surface area contributed by atoms with E-state index in [4.69, 9.17) is 14.2 Å². The van der Waals surface area contributed by atoms with Crippen molar-refractivity contribution in [1.82, 2.24) is 9.78 Å². The van der Waals surface area contributed by atoms with Gasteiger partial charge in [-0.25, -0.2) is 4.68 Å². The summed E-state index contributed by atoms with van der Waals surface area (Å²) in [6.45, 7) is 2.00. The summed E-state index contributed by atoms with van der Waals surface area (Å²) in [5, 5.41) is 16.7. The summed E-state index contributed by atoms with van der Waals surface area (Å²) in [4.78, 5) is 10.9. The van der Waals surface area contributed by atoms with Gasteiger partial charge in [-0.2, -0.15) is 5.10 Å². The first-order chi connectivity index (χ1) is 12.1. The predicted molar refractivity (Wildman–Crippen MR) is 88.5 cm³/mol. The average molecular weight is 341 g/mol. The fourth-order valence-corrected chi connectivity index (χ4v) is 2.83. The molecule has 25 heavy (non-hydrogen) atoms. The maximum atomic E-state index is 11.4. The Morgan fingerprint density at radius 3 is 2.88 bits per heavy atom. The molecule has 0 fully saturated rings. The molecule has 1 aliphatic rings. The highest BCUT2D eigenvalue weighted by Gasteiger charge is 2.26. The molecule has 1 atom stereocenters. The minimum absolute atomic E-state index is 0.0536. The molecule has 128 valence electrons. The van der Waals surface area contributed by atoms with E-state index in [1.165, 1.54) is 6.07 Å². The van der Waals surface area contributed by atoms with E-state index in [-0.39, 0.29) is 19.2 Å². The van der Waals surface area contributed by atoms with Gasteiger partial charge in [0.1, 0.15) is 6.73 Å². The number of benzene rings is 2. The topological polar surface area (TPSA) is 88.7 Å². The molecular formula is C17H15N3O5. The van der Waals surface area contributed by atoms with Gasteiger partial charge in [-0.1, -0.05) is 18.2 Å². The van der Waals surface area contributed by atoms with Crippen molar-refractivity contribution in [3.63, 3.8) is 0 Å². The Labute approximate surface area is 142 Å². The van der Waals surface area contributed by atoms with Gasteiger partial charge in [-0.05, 0) is 19.1 Å². The van der Waals surface area contributed by atoms with E-state index >= 15 is 0 Å². The Hall–Kier alpha value is -3.13. The number of fused-ring (bicyclic) bond motifs is 2. The molecule has 8 nitrogen and oxygen atoms in total. The van der Waals surface area contributed by atoms with Gasteiger partial charge in [0.05, 0.1) is 34.4 Å². The Morgan fingerprint density at radius 1 is 1.32 bits per heavy atom. The number of nitro benzene ring substituents is 1. The molecule has 2 heterocycles. The van der Waals surface area contributed by atoms with E-state index in [1.54, 1.807) is 23.9 Å². The Balaban J connectivity index is 1.58. The second-order valence-corrected chi connectivity index (χ2v) is 5.66. The number of nitrogens with zero attached hydrogens (tertiary/aromatic N) is 3. The zero-order valence-electron chi connectivity index (χ0n) is 13.4. The van der Waals surface area contributed by atoms with Gasteiger partial charge < -0.3 is 14.2 Å². The lowest BCUT2D eigenvalue weighted by Gasteiger charge is -2.14. The van der Waals surface area contributed by atoms with E-state index in [1.807, 2.05) is 24.3 Å². The van der Waals surface area contributed by atoms with E-state index < -0.39 is 11.0 Å². The van der Waals surface area contributed by atoms with Crippen LogP contribution in [-0.4, -0.2) is 21.5 Å². The maximum Gasteiger partial charge on any atom is 0.279 e. The van der Waals surface area contributed by atoms with E-state index in [0.29, 0.717) is 17.1 Å². The van der Waals surface area contributed by atoms with Gasteiger partial charge in [0.2, 0.25) is 6.79 Å². The quantitative estimate of drug-likeness (QED) is 0.522. The fraction of sp³-hybridized carbons (Fsp3) is 0.235. The highest BCUT2D eigenvalue weighted by Crippen LogP contribution is 2.40. The summed E-state index contributed by atoms with van der Waals surface area (Å²) >= 11 is 0. The van der Waals surface area contributed by atoms with Crippen LogP contribution in [0.5, 0.6) is 11.5 Å². The van der Waals surface area contributed by atoms with Crippen molar-refractivity contribution in [3.8, 4) is 11.5 Å². The zero-order chi connectivity index (χ0) is 17.4. The number of rotatable bonds is 5. The first-order valence-electron chi connectivity index (χ1n) is 7.73. The molecule has 0 bridgehead atoms. The smallest absolute Gasteiger partial charge is 0.279 e. The maximum absolute atomic E-state index is 11.4. The van der Waals surface area contributed by atoms with Gasteiger partial charge in [0.15, 0.2) is 11.5 Å². The number of nitro groups is 1.